The lowest BCUT2D eigenvalue weighted by atomic mass is 10.1. The number of hydrogen-bond donors (Lipinski definition) is 2. The van der Waals surface area contributed by atoms with Gasteiger partial charge >= 0.3 is 0 Å². The number of rotatable bonds is 4. The molecule has 6 nitrogen and oxygen atoms in total. The van der Waals surface area contributed by atoms with Crippen LogP contribution in [0.25, 0.3) is 0 Å². The molecule has 0 radical (unpaired) electrons. The van der Waals surface area contributed by atoms with Crippen LogP contribution >= 0.6 is 11.3 Å². The Hall–Kier alpha value is -2.41. The van der Waals surface area contributed by atoms with E-state index in [1.807, 2.05) is 19.1 Å². The number of nitro benzene ring substituents is 1. The summed E-state index contributed by atoms with van der Waals surface area (Å²) >= 11 is 1.64. The van der Waals surface area contributed by atoms with Gasteiger partial charge in [0.15, 0.2) is 0 Å². The summed E-state index contributed by atoms with van der Waals surface area (Å²) in [7, 11) is 0. The number of fused-ring (bicyclic) bond motifs is 1. The first-order chi connectivity index (χ1) is 10.0. The van der Waals surface area contributed by atoms with E-state index in [1.165, 1.54) is 10.9 Å². The third-order valence-electron chi connectivity index (χ3n) is 3.29. The average molecular weight is 303 g/mol. The van der Waals surface area contributed by atoms with Crippen LogP contribution in [-0.2, 0) is 17.8 Å². The molecule has 0 unspecified atom stereocenters. The highest BCUT2D eigenvalue weighted by Crippen LogP contribution is 2.34. The number of anilines is 2. The van der Waals surface area contributed by atoms with Gasteiger partial charge in [-0.1, -0.05) is 0 Å². The Kier molecular flexibility index (Phi) is 3.34. The summed E-state index contributed by atoms with van der Waals surface area (Å²) < 4.78 is 0. The third kappa shape index (κ3) is 2.73. The zero-order chi connectivity index (χ0) is 15.0. The van der Waals surface area contributed by atoms with Gasteiger partial charge in [0.1, 0.15) is 5.69 Å². The van der Waals surface area contributed by atoms with Crippen molar-refractivity contribution in [1.29, 1.82) is 0 Å². The summed E-state index contributed by atoms with van der Waals surface area (Å²) in [6, 6.07) is 7.11. The Morgan fingerprint density at radius 1 is 1.43 bits per heavy atom. The zero-order valence-corrected chi connectivity index (χ0v) is 12.1. The lowest BCUT2D eigenvalue weighted by Crippen LogP contribution is -2.04. The van der Waals surface area contributed by atoms with Crippen LogP contribution in [-0.4, -0.2) is 10.8 Å². The highest BCUT2D eigenvalue weighted by molar-refractivity contribution is 7.11. The molecule has 1 amide bonds. The average Bonchev–Trinajstić information content (AvgIpc) is 2.99. The van der Waals surface area contributed by atoms with Crippen LogP contribution in [0.3, 0.4) is 0 Å². The Labute approximate surface area is 124 Å². The van der Waals surface area contributed by atoms with Crippen LogP contribution in [0.1, 0.15) is 15.3 Å². The van der Waals surface area contributed by atoms with Crippen molar-refractivity contribution in [2.24, 2.45) is 0 Å². The Morgan fingerprint density at radius 2 is 2.24 bits per heavy atom. The molecular weight excluding hydrogens is 290 g/mol. The third-order valence-corrected chi connectivity index (χ3v) is 4.29. The molecule has 2 heterocycles. The van der Waals surface area contributed by atoms with Crippen molar-refractivity contribution in [1.82, 2.24) is 0 Å². The van der Waals surface area contributed by atoms with Crippen LogP contribution in [0.5, 0.6) is 0 Å². The predicted octanol–water partition coefficient (Wildman–Crippen LogP) is 3.07. The molecule has 21 heavy (non-hydrogen) atoms. The van der Waals surface area contributed by atoms with Crippen molar-refractivity contribution in [3.05, 3.63) is 49.7 Å². The number of nitrogens with zero attached hydrogens (tertiary/aromatic N) is 1. The molecular formula is C14H13N3O3S. The first-order valence-corrected chi connectivity index (χ1v) is 7.25. The first-order valence-electron chi connectivity index (χ1n) is 6.43. The largest absolute Gasteiger partial charge is 0.375 e. The van der Waals surface area contributed by atoms with E-state index in [-0.39, 0.29) is 18.0 Å². The molecule has 7 heteroatoms. The minimum absolute atomic E-state index is 0.00136. The van der Waals surface area contributed by atoms with Gasteiger partial charge in [0.25, 0.3) is 5.69 Å². The van der Waals surface area contributed by atoms with E-state index < -0.39 is 4.92 Å². The standard InChI is InChI=1S/C14H13N3O3S/c1-8-2-3-10(21-8)7-15-12-6-11-9(5-14(18)16-11)4-13(12)17(19)20/h2-4,6,15H,5,7H2,1H3,(H,16,18). The number of carbonyl (C=O) groups is 1. The first kappa shape index (κ1) is 13.6. The molecule has 0 atom stereocenters. The fraction of sp³-hybridized carbons (Fsp3) is 0.214. The van der Waals surface area contributed by atoms with Gasteiger partial charge < -0.3 is 10.6 Å². The van der Waals surface area contributed by atoms with Crippen molar-refractivity contribution in [2.75, 3.05) is 10.6 Å². The molecule has 1 aliphatic rings. The van der Waals surface area contributed by atoms with Crippen molar-refractivity contribution in [3.8, 4) is 0 Å². The van der Waals surface area contributed by atoms with E-state index in [1.54, 1.807) is 17.4 Å². The molecule has 0 saturated carbocycles. The number of carbonyl (C=O) groups excluding carboxylic acids is 1. The Balaban J connectivity index is 1.88. The minimum Gasteiger partial charge on any atom is -0.375 e. The van der Waals surface area contributed by atoms with Crippen LogP contribution in [0.15, 0.2) is 24.3 Å². The van der Waals surface area contributed by atoms with Gasteiger partial charge in [-0.05, 0) is 30.7 Å². The fourth-order valence-electron chi connectivity index (χ4n) is 2.32. The molecule has 2 N–H and O–H groups in total. The second-order valence-electron chi connectivity index (χ2n) is 4.87. The van der Waals surface area contributed by atoms with Crippen LogP contribution < -0.4 is 10.6 Å². The summed E-state index contributed by atoms with van der Waals surface area (Å²) in [6.45, 7) is 2.54. The zero-order valence-electron chi connectivity index (χ0n) is 11.3. The van der Waals surface area contributed by atoms with Gasteiger partial charge in [-0.2, -0.15) is 0 Å². The SMILES string of the molecule is Cc1ccc(CNc2cc3c(cc2[N+](=O)[O-])CC(=O)N3)s1. The second kappa shape index (κ2) is 5.17. The second-order valence-corrected chi connectivity index (χ2v) is 6.25. The van der Waals surface area contributed by atoms with Crippen LogP contribution in [0.4, 0.5) is 17.1 Å². The number of benzene rings is 1. The summed E-state index contributed by atoms with van der Waals surface area (Å²) in [5, 5.41) is 17.0. The molecule has 0 saturated heterocycles. The van der Waals surface area contributed by atoms with Gasteiger partial charge in [0, 0.05) is 28.1 Å². The van der Waals surface area contributed by atoms with E-state index in [4.69, 9.17) is 0 Å². The molecule has 1 aromatic heterocycles. The van der Waals surface area contributed by atoms with Gasteiger partial charge in [-0.15, -0.1) is 11.3 Å². The number of nitrogens with one attached hydrogen (secondary N) is 2. The van der Waals surface area contributed by atoms with E-state index in [9.17, 15) is 14.9 Å². The lowest BCUT2D eigenvalue weighted by molar-refractivity contribution is -0.384. The van der Waals surface area contributed by atoms with Crippen LogP contribution in [0.2, 0.25) is 0 Å². The Bertz CT molecular complexity index is 739. The minimum atomic E-state index is -0.426. The number of amides is 1. The van der Waals surface area contributed by atoms with E-state index in [0.29, 0.717) is 23.5 Å². The van der Waals surface area contributed by atoms with Gasteiger partial charge in [0.05, 0.1) is 11.3 Å². The highest BCUT2D eigenvalue weighted by atomic mass is 32.1. The van der Waals surface area contributed by atoms with E-state index in [2.05, 4.69) is 10.6 Å². The van der Waals surface area contributed by atoms with E-state index in [0.717, 1.165) is 4.88 Å². The molecule has 0 fully saturated rings. The lowest BCUT2D eigenvalue weighted by Gasteiger charge is -2.08. The van der Waals surface area contributed by atoms with Crippen molar-refractivity contribution >= 4 is 34.3 Å². The van der Waals surface area contributed by atoms with Gasteiger partial charge in [-0.3, -0.25) is 14.9 Å². The predicted molar refractivity (Wildman–Crippen MR) is 81.8 cm³/mol. The quantitative estimate of drug-likeness (QED) is 0.671. The molecule has 0 spiro atoms. The summed E-state index contributed by atoms with van der Waals surface area (Å²) in [4.78, 5) is 24.4. The number of aryl methyl sites for hydroxylation is 1. The molecule has 108 valence electrons. The number of thiophene rings is 1. The van der Waals surface area contributed by atoms with Gasteiger partial charge in [-0.25, -0.2) is 0 Å². The maximum Gasteiger partial charge on any atom is 0.292 e. The van der Waals surface area contributed by atoms with Crippen LogP contribution in [0, 0.1) is 17.0 Å². The fourth-order valence-corrected chi connectivity index (χ4v) is 3.15. The summed E-state index contributed by atoms with van der Waals surface area (Å²) in [5.41, 5.74) is 1.74. The number of nitro groups is 1. The van der Waals surface area contributed by atoms with Crippen molar-refractivity contribution in [3.63, 3.8) is 0 Å². The molecule has 2 aromatic rings. The maximum absolute atomic E-state index is 11.4. The monoisotopic (exact) mass is 303 g/mol. The smallest absolute Gasteiger partial charge is 0.292 e. The van der Waals surface area contributed by atoms with Crippen molar-refractivity contribution in [2.45, 2.75) is 19.9 Å². The Morgan fingerprint density at radius 3 is 2.90 bits per heavy atom. The summed E-state index contributed by atoms with van der Waals surface area (Å²) in [5.74, 6) is -0.134. The maximum atomic E-state index is 11.4. The molecule has 0 aliphatic carbocycles. The molecule has 1 aliphatic heterocycles. The van der Waals surface area contributed by atoms with Crippen molar-refractivity contribution < 1.29 is 9.72 Å². The topological polar surface area (TPSA) is 84.3 Å². The van der Waals surface area contributed by atoms with E-state index >= 15 is 0 Å². The number of hydrogen-bond acceptors (Lipinski definition) is 5. The summed E-state index contributed by atoms with van der Waals surface area (Å²) in [6.07, 6.45) is 0.195. The normalized spacial score (nSPS) is 12.9. The molecule has 3 rings (SSSR count). The molecule has 0 bridgehead atoms. The molecule has 1 aromatic carbocycles. The van der Waals surface area contributed by atoms with Gasteiger partial charge in [0.2, 0.25) is 5.91 Å². The highest BCUT2D eigenvalue weighted by Gasteiger charge is 2.24.